The summed E-state index contributed by atoms with van der Waals surface area (Å²) < 4.78 is 40.8. The maximum Gasteiger partial charge on any atom is 0.253 e. The first-order chi connectivity index (χ1) is 18.2. The molecule has 38 heavy (non-hydrogen) atoms. The van der Waals surface area contributed by atoms with E-state index in [0.29, 0.717) is 11.3 Å². The highest BCUT2D eigenvalue weighted by Gasteiger charge is 2.38. The van der Waals surface area contributed by atoms with Crippen molar-refractivity contribution in [1.29, 1.82) is 0 Å². The number of hydrogen-bond acceptors (Lipinski definition) is 7. The molecule has 3 aromatic rings. The molecule has 1 aromatic heterocycles. The molecule has 0 spiro atoms. The van der Waals surface area contributed by atoms with Crippen LogP contribution >= 0.6 is 0 Å². The highest BCUT2D eigenvalue weighted by molar-refractivity contribution is 7.89. The van der Waals surface area contributed by atoms with Crippen molar-refractivity contribution in [2.24, 2.45) is 5.92 Å². The second-order valence-corrected chi connectivity index (χ2v) is 11.4. The van der Waals surface area contributed by atoms with Crippen molar-refractivity contribution in [3.8, 4) is 22.6 Å². The SMILES string of the molecule is COc1ccccc1-c1ccc2c(c1)O[C@H](CN(C)C(=O)c1ccncc1)[C@H](C)CN([C@@H](C)CO)S2(=O)=O. The third kappa shape index (κ3) is 5.52. The number of aliphatic hydroxyl groups is 1. The summed E-state index contributed by atoms with van der Waals surface area (Å²) in [4.78, 5) is 18.6. The third-order valence-corrected chi connectivity index (χ3v) is 8.83. The molecule has 10 heteroatoms. The molecule has 1 N–H and O–H groups in total. The first-order valence-electron chi connectivity index (χ1n) is 12.4. The second-order valence-electron chi connectivity index (χ2n) is 9.52. The number of nitrogens with zero attached hydrogens (tertiary/aromatic N) is 3. The molecular weight excluding hydrogens is 506 g/mol. The number of rotatable bonds is 7. The zero-order chi connectivity index (χ0) is 27.4. The maximum absolute atomic E-state index is 13.8. The smallest absolute Gasteiger partial charge is 0.253 e. The summed E-state index contributed by atoms with van der Waals surface area (Å²) >= 11 is 0. The van der Waals surface area contributed by atoms with Crippen LogP contribution in [0.25, 0.3) is 11.1 Å². The summed E-state index contributed by atoms with van der Waals surface area (Å²) in [5.41, 5.74) is 2.01. The van der Waals surface area contributed by atoms with Crippen molar-refractivity contribution in [2.45, 2.75) is 30.9 Å². The number of methoxy groups -OCH3 is 1. The van der Waals surface area contributed by atoms with Crippen molar-refractivity contribution < 1.29 is 27.8 Å². The molecule has 0 bridgehead atoms. The number of amides is 1. The van der Waals surface area contributed by atoms with E-state index in [0.717, 1.165) is 11.1 Å². The fraction of sp³-hybridized carbons (Fsp3) is 0.357. The molecule has 4 rings (SSSR count). The monoisotopic (exact) mass is 539 g/mol. The molecule has 0 saturated carbocycles. The normalized spacial score (nSPS) is 19.8. The Kier molecular flexibility index (Phi) is 8.35. The van der Waals surface area contributed by atoms with Crippen molar-refractivity contribution in [3.63, 3.8) is 0 Å². The van der Waals surface area contributed by atoms with Crippen LogP contribution in [0, 0.1) is 5.92 Å². The molecule has 2 heterocycles. The molecule has 0 aliphatic carbocycles. The summed E-state index contributed by atoms with van der Waals surface area (Å²) in [6.07, 6.45) is 2.59. The third-order valence-electron chi connectivity index (χ3n) is 6.81. The number of benzene rings is 2. The van der Waals surface area contributed by atoms with E-state index in [-0.39, 0.29) is 42.2 Å². The molecule has 0 saturated heterocycles. The number of likely N-dealkylation sites (N-methyl/N-ethyl adjacent to an activating group) is 1. The van der Waals surface area contributed by atoms with Gasteiger partial charge in [-0.25, -0.2) is 8.42 Å². The number of pyridine rings is 1. The van der Waals surface area contributed by atoms with E-state index < -0.39 is 22.2 Å². The van der Waals surface area contributed by atoms with Crippen LogP contribution in [-0.2, 0) is 10.0 Å². The molecule has 1 aliphatic heterocycles. The lowest BCUT2D eigenvalue weighted by Gasteiger charge is -2.37. The fourth-order valence-corrected chi connectivity index (χ4v) is 6.39. The number of carbonyl (C=O) groups excluding carboxylic acids is 1. The van der Waals surface area contributed by atoms with Gasteiger partial charge in [0.15, 0.2) is 0 Å². The Bertz CT molecular complexity index is 1380. The molecule has 2 aromatic carbocycles. The predicted molar refractivity (Wildman–Crippen MR) is 144 cm³/mol. The molecular formula is C28H33N3O6S. The molecule has 0 radical (unpaired) electrons. The van der Waals surface area contributed by atoms with Crippen LogP contribution in [-0.4, -0.2) is 79.6 Å². The molecule has 9 nitrogen and oxygen atoms in total. The Morgan fingerprint density at radius 2 is 1.92 bits per heavy atom. The Morgan fingerprint density at radius 1 is 1.21 bits per heavy atom. The van der Waals surface area contributed by atoms with E-state index in [1.807, 2.05) is 31.2 Å². The van der Waals surface area contributed by atoms with E-state index in [9.17, 15) is 18.3 Å². The van der Waals surface area contributed by atoms with Gasteiger partial charge in [0.1, 0.15) is 22.5 Å². The lowest BCUT2D eigenvalue weighted by molar-refractivity contribution is 0.0563. The first kappa shape index (κ1) is 27.6. The van der Waals surface area contributed by atoms with Gasteiger partial charge in [-0.2, -0.15) is 4.31 Å². The standard InChI is InChI=1S/C28H33N3O6S/c1-19-16-31(20(2)18-32)38(34,35)27-10-9-22(23-7-5-6-8-24(23)36-4)15-25(27)37-26(19)17-30(3)28(33)21-11-13-29-14-12-21/h5-15,19-20,26,32H,16-18H2,1-4H3/t19-,20+,26-/m1/s1. The number of sulfonamides is 1. The summed E-state index contributed by atoms with van der Waals surface area (Å²) in [6, 6.07) is 15.1. The zero-order valence-corrected chi connectivity index (χ0v) is 22.8. The lowest BCUT2D eigenvalue weighted by atomic mass is 10.0. The van der Waals surface area contributed by atoms with Crippen LogP contribution in [0.15, 0.2) is 71.9 Å². The van der Waals surface area contributed by atoms with Gasteiger partial charge in [-0.3, -0.25) is 9.78 Å². The Balaban J connectivity index is 1.77. The number of carbonyl (C=O) groups is 1. The van der Waals surface area contributed by atoms with Crippen LogP contribution in [0.2, 0.25) is 0 Å². The van der Waals surface area contributed by atoms with E-state index in [4.69, 9.17) is 9.47 Å². The van der Waals surface area contributed by atoms with Crippen LogP contribution in [0.5, 0.6) is 11.5 Å². The van der Waals surface area contributed by atoms with Crippen LogP contribution in [0.4, 0.5) is 0 Å². The van der Waals surface area contributed by atoms with Gasteiger partial charge in [-0.1, -0.05) is 31.2 Å². The van der Waals surface area contributed by atoms with Crippen molar-refractivity contribution in [2.75, 3.05) is 33.9 Å². The molecule has 1 amide bonds. The number of aromatic nitrogens is 1. The molecule has 202 valence electrons. The van der Waals surface area contributed by atoms with E-state index in [1.54, 1.807) is 62.6 Å². The van der Waals surface area contributed by atoms with Crippen molar-refractivity contribution >= 4 is 15.9 Å². The van der Waals surface area contributed by atoms with E-state index >= 15 is 0 Å². The second kappa shape index (κ2) is 11.5. The van der Waals surface area contributed by atoms with Crippen molar-refractivity contribution in [1.82, 2.24) is 14.2 Å². The zero-order valence-electron chi connectivity index (χ0n) is 21.9. The largest absolute Gasteiger partial charge is 0.496 e. The number of aliphatic hydroxyl groups excluding tert-OH is 1. The Labute approximate surface area is 223 Å². The predicted octanol–water partition coefficient (Wildman–Crippen LogP) is 3.30. The topological polar surface area (TPSA) is 109 Å². The average Bonchev–Trinajstić information content (AvgIpc) is 2.94. The fourth-order valence-electron chi connectivity index (χ4n) is 4.56. The van der Waals surface area contributed by atoms with Crippen molar-refractivity contribution in [3.05, 3.63) is 72.6 Å². The van der Waals surface area contributed by atoms with Gasteiger partial charge in [0.25, 0.3) is 5.91 Å². The maximum atomic E-state index is 13.8. The van der Waals surface area contributed by atoms with E-state index in [2.05, 4.69) is 4.98 Å². The van der Waals surface area contributed by atoms with Gasteiger partial charge in [0.2, 0.25) is 10.0 Å². The number of fused-ring (bicyclic) bond motifs is 1. The summed E-state index contributed by atoms with van der Waals surface area (Å²) in [5, 5.41) is 9.87. The molecule has 3 atom stereocenters. The lowest BCUT2D eigenvalue weighted by Crippen LogP contribution is -2.50. The van der Waals surface area contributed by atoms with Gasteiger partial charge >= 0.3 is 0 Å². The van der Waals surface area contributed by atoms with Gasteiger partial charge in [-0.05, 0) is 42.8 Å². The minimum atomic E-state index is -3.98. The molecule has 1 aliphatic rings. The number of para-hydroxylation sites is 1. The Hall–Kier alpha value is -3.47. The highest BCUT2D eigenvalue weighted by atomic mass is 32.2. The number of hydrogen-bond donors (Lipinski definition) is 1. The average molecular weight is 540 g/mol. The summed E-state index contributed by atoms with van der Waals surface area (Å²) in [6.45, 7) is 3.58. The number of ether oxygens (including phenoxy) is 2. The molecule has 0 fully saturated rings. The molecule has 0 unspecified atom stereocenters. The minimum Gasteiger partial charge on any atom is -0.496 e. The highest BCUT2D eigenvalue weighted by Crippen LogP contribution is 2.38. The van der Waals surface area contributed by atoms with Gasteiger partial charge in [-0.15, -0.1) is 0 Å². The van der Waals surface area contributed by atoms with E-state index in [1.165, 1.54) is 10.4 Å². The minimum absolute atomic E-state index is 0.0106. The summed E-state index contributed by atoms with van der Waals surface area (Å²) in [5.74, 6) is 0.338. The van der Waals surface area contributed by atoms with Crippen LogP contribution in [0.1, 0.15) is 24.2 Å². The van der Waals surface area contributed by atoms with Gasteiger partial charge in [0, 0.05) is 49.1 Å². The van der Waals surface area contributed by atoms with Gasteiger partial charge in [0.05, 0.1) is 20.3 Å². The van der Waals surface area contributed by atoms with Crippen LogP contribution in [0.3, 0.4) is 0 Å². The Morgan fingerprint density at radius 3 is 2.61 bits per heavy atom. The quantitative estimate of drug-likeness (QED) is 0.491. The first-order valence-corrected chi connectivity index (χ1v) is 13.8. The van der Waals surface area contributed by atoms with Crippen LogP contribution < -0.4 is 9.47 Å². The summed E-state index contributed by atoms with van der Waals surface area (Å²) in [7, 11) is -0.716. The van der Waals surface area contributed by atoms with Gasteiger partial charge < -0.3 is 19.5 Å².